The molecule has 3 nitrogen and oxygen atoms in total. The topological polar surface area (TPSA) is 41.8 Å². The smallest absolute Gasteiger partial charge is 0.135 e. The average molecular weight is 263 g/mol. The van der Waals surface area contributed by atoms with E-state index in [2.05, 4.69) is 5.16 Å². The molecule has 1 N–H and O–H groups in total. The molecular weight excluding hydrogens is 252 g/mol. The van der Waals surface area contributed by atoms with Crippen LogP contribution in [-0.4, -0.2) is 18.0 Å². The van der Waals surface area contributed by atoms with Gasteiger partial charge in [0, 0.05) is 17.2 Å². The van der Waals surface area contributed by atoms with Crippen LogP contribution in [0.5, 0.6) is 5.75 Å². The van der Waals surface area contributed by atoms with Gasteiger partial charge in [-0.15, -0.1) is 0 Å². The van der Waals surface area contributed by atoms with Gasteiger partial charge >= 0.3 is 0 Å². The molecule has 2 rings (SSSR count). The second kappa shape index (κ2) is 5.48. The van der Waals surface area contributed by atoms with Gasteiger partial charge in [0.25, 0.3) is 0 Å². The number of benzene rings is 2. The zero-order chi connectivity index (χ0) is 13.8. The fraction of sp³-hybridized carbons (Fsp3) is 0.0714. The Morgan fingerprint density at radius 1 is 1.16 bits per heavy atom. The number of hydrogen-bond acceptors (Lipinski definition) is 3. The molecule has 2 aromatic carbocycles. The average Bonchev–Trinajstić information content (AvgIpc) is 2.42. The van der Waals surface area contributed by atoms with Crippen LogP contribution in [0.4, 0.5) is 8.78 Å². The van der Waals surface area contributed by atoms with E-state index >= 15 is 0 Å². The predicted molar refractivity (Wildman–Crippen MR) is 66.8 cm³/mol. The number of rotatable bonds is 3. The molecule has 0 fully saturated rings. The molecule has 0 bridgehead atoms. The number of halogens is 2. The second-order valence-corrected chi connectivity index (χ2v) is 3.80. The number of oxime groups is 1. The van der Waals surface area contributed by atoms with Crippen molar-refractivity contribution in [1.82, 2.24) is 0 Å². The predicted octanol–water partition coefficient (Wildman–Crippen LogP) is 3.20. The molecule has 19 heavy (non-hydrogen) atoms. The van der Waals surface area contributed by atoms with Crippen molar-refractivity contribution in [2.45, 2.75) is 0 Å². The van der Waals surface area contributed by atoms with Crippen LogP contribution in [0.1, 0.15) is 11.1 Å². The van der Waals surface area contributed by atoms with Crippen molar-refractivity contribution in [1.29, 1.82) is 0 Å². The third-order valence-corrected chi connectivity index (χ3v) is 2.63. The Balaban J connectivity index is 2.50. The molecule has 98 valence electrons. The molecule has 0 aromatic heterocycles. The monoisotopic (exact) mass is 263 g/mol. The second-order valence-electron chi connectivity index (χ2n) is 3.80. The van der Waals surface area contributed by atoms with Gasteiger partial charge in [0.1, 0.15) is 23.1 Å². The Labute approximate surface area is 108 Å². The fourth-order valence-electron chi connectivity index (χ4n) is 1.72. The maximum Gasteiger partial charge on any atom is 0.135 e. The third kappa shape index (κ3) is 2.70. The van der Waals surface area contributed by atoms with Gasteiger partial charge in [-0.1, -0.05) is 17.3 Å². The first-order chi connectivity index (χ1) is 9.15. The Hall–Kier alpha value is -2.43. The highest BCUT2D eigenvalue weighted by atomic mass is 19.1. The van der Waals surface area contributed by atoms with Gasteiger partial charge in [-0.05, 0) is 24.3 Å². The highest BCUT2D eigenvalue weighted by Gasteiger charge is 2.14. The van der Waals surface area contributed by atoms with Gasteiger partial charge in [0.2, 0.25) is 0 Å². The van der Waals surface area contributed by atoms with Crippen molar-refractivity contribution in [3.63, 3.8) is 0 Å². The Morgan fingerprint density at radius 2 is 1.95 bits per heavy atom. The summed E-state index contributed by atoms with van der Waals surface area (Å²) in [6, 6.07) is 9.68. The zero-order valence-corrected chi connectivity index (χ0v) is 10.1. The first-order valence-electron chi connectivity index (χ1n) is 5.47. The zero-order valence-electron chi connectivity index (χ0n) is 10.1. The van der Waals surface area contributed by atoms with Crippen LogP contribution in [0.15, 0.2) is 47.6 Å². The fourth-order valence-corrected chi connectivity index (χ4v) is 1.72. The lowest BCUT2D eigenvalue weighted by Gasteiger charge is -2.08. The maximum atomic E-state index is 13.7. The summed E-state index contributed by atoms with van der Waals surface area (Å²) in [5, 5.41) is 12.2. The van der Waals surface area contributed by atoms with Crippen LogP contribution in [0.2, 0.25) is 0 Å². The largest absolute Gasteiger partial charge is 0.497 e. The van der Waals surface area contributed by atoms with Gasteiger partial charge in [-0.2, -0.15) is 0 Å². The van der Waals surface area contributed by atoms with Crippen molar-refractivity contribution >= 4 is 5.71 Å². The van der Waals surface area contributed by atoms with Crippen molar-refractivity contribution in [2.24, 2.45) is 5.16 Å². The van der Waals surface area contributed by atoms with Gasteiger partial charge < -0.3 is 9.94 Å². The summed E-state index contributed by atoms with van der Waals surface area (Å²) in [5.41, 5.74) is 0.487. The molecule has 2 aromatic rings. The maximum absolute atomic E-state index is 13.7. The lowest BCUT2D eigenvalue weighted by molar-refractivity contribution is 0.319. The minimum atomic E-state index is -0.796. The Morgan fingerprint density at radius 3 is 2.58 bits per heavy atom. The summed E-state index contributed by atoms with van der Waals surface area (Å²) in [7, 11) is 1.49. The van der Waals surface area contributed by atoms with Crippen molar-refractivity contribution in [3.8, 4) is 5.75 Å². The summed E-state index contributed by atoms with van der Waals surface area (Å²) < 4.78 is 31.6. The minimum Gasteiger partial charge on any atom is -0.497 e. The molecule has 5 heteroatoms. The molecule has 0 saturated heterocycles. The first kappa shape index (κ1) is 13.0. The molecule has 0 heterocycles. The van der Waals surface area contributed by atoms with E-state index in [-0.39, 0.29) is 11.3 Å². The summed E-state index contributed by atoms with van der Waals surface area (Å²) in [6.45, 7) is 0. The molecule has 0 spiro atoms. The first-order valence-corrected chi connectivity index (χ1v) is 5.47. The highest BCUT2D eigenvalue weighted by molar-refractivity contribution is 6.12. The number of nitrogens with zero attached hydrogens (tertiary/aromatic N) is 1. The summed E-state index contributed by atoms with van der Waals surface area (Å²) in [5.74, 6) is -0.944. The van der Waals surface area contributed by atoms with Crippen LogP contribution in [0.3, 0.4) is 0 Å². The molecule has 0 saturated carbocycles. The van der Waals surface area contributed by atoms with Gasteiger partial charge in [-0.25, -0.2) is 8.78 Å². The quantitative estimate of drug-likeness (QED) is 0.525. The van der Waals surface area contributed by atoms with Gasteiger partial charge in [0.15, 0.2) is 0 Å². The minimum absolute atomic E-state index is 0.0106. The normalized spacial score (nSPS) is 11.4. The van der Waals surface area contributed by atoms with Crippen LogP contribution in [0, 0.1) is 11.6 Å². The molecule has 0 radical (unpaired) electrons. The lowest BCUT2D eigenvalue weighted by Crippen LogP contribution is -2.06. The lowest BCUT2D eigenvalue weighted by atomic mass is 10.0. The molecule has 0 aliphatic heterocycles. The highest BCUT2D eigenvalue weighted by Crippen LogP contribution is 2.19. The number of hydrogen-bond donors (Lipinski definition) is 1. The molecule has 0 aliphatic rings. The SMILES string of the molecule is COc1cccc(/C(=N\O)c2ccc(F)cc2F)c1. The van der Waals surface area contributed by atoms with E-state index < -0.39 is 11.6 Å². The Bertz CT molecular complexity index is 627. The van der Waals surface area contributed by atoms with E-state index in [1.165, 1.54) is 13.2 Å². The van der Waals surface area contributed by atoms with Crippen molar-refractivity contribution in [2.75, 3.05) is 7.11 Å². The van der Waals surface area contributed by atoms with Crippen LogP contribution in [0.25, 0.3) is 0 Å². The van der Waals surface area contributed by atoms with E-state index in [1.54, 1.807) is 24.3 Å². The van der Waals surface area contributed by atoms with E-state index in [1.807, 2.05) is 0 Å². The molecule has 0 unspecified atom stereocenters. The van der Waals surface area contributed by atoms with Crippen LogP contribution < -0.4 is 4.74 Å². The molecule has 0 amide bonds. The molecule has 0 atom stereocenters. The number of ether oxygens (including phenoxy) is 1. The van der Waals surface area contributed by atoms with Crippen molar-refractivity contribution < 1.29 is 18.7 Å². The molecular formula is C14H11F2NO2. The Kier molecular flexibility index (Phi) is 3.75. The summed E-state index contributed by atoms with van der Waals surface area (Å²) >= 11 is 0. The summed E-state index contributed by atoms with van der Waals surface area (Å²) in [6.07, 6.45) is 0. The van der Waals surface area contributed by atoms with E-state index in [4.69, 9.17) is 9.94 Å². The van der Waals surface area contributed by atoms with E-state index in [0.29, 0.717) is 11.3 Å². The standard InChI is InChI=1S/C14H11F2NO2/c1-19-11-4-2-3-9(7-11)14(17-18)12-6-5-10(15)8-13(12)16/h2-8,18H,1H3/b17-14+. The van der Waals surface area contributed by atoms with Crippen LogP contribution >= 0.6 is 0 Å². The van der Waals surface area contributed by atoms with Crippen LogP contribution in [-0.2, 0) is 0 Å². The van der Waals surface area contributed by atoms with Crippen molar-refractivity contribution in [3.05, 3.63) is 65.2 Å². The number of methoxy groups -OCH3 is 1. The summed E-state index contributed by atoms with van der Waals surface area (Å²) in [4.78, 5) is 0. The molecule has 0 aliphatic carbocycles. The van der Waals surface area contributed by atoms with Gasteiger partial charge in [-0.3, -0.25) is 0 Å². The van der Waals surface area contributed by atoms with Gasteiger partial charge in [0.05, 0.1) is 7.11 Å². The van der Waals surface area contributed by atoms with E-state index in [0.717, 1.165) is 12.1 Å². The third-order valence-electron chi connectivity index (χ3n) is 2.63. The van der Waals surface area contributed by atoms with E-state index in [9.17, 15) is 8.78 Å².